The maximum atomic E-state index is 11.9. The molecule has 3 atom stereocenters. The average Bonchev–Trinajstić information content (AvgIpc) is 3.13. The van der Waals surface area contributed by atoms with E-state index in [1.807, 2.05) is 24.3 Å². The number of aromatic nitrogens is 2. The van der Waals surface area contributed by atoms with E-state index in [2.05, 4.69) is 25.9 Å². The first-order valence-electron chi connectivity index (χ1n) is 6.82. The van der Waals surface area contributed by atoms with E-state index in [9.17, 15) is 9.35 Å². The third kappa shape index (κ3) is 3.06. The molecule has 5 nitrogen and oxygen atoms in total. The van der Waals surface area contributed by atoms with E-state index in [0.29, 0.717) is 17.3 Å². The van der Waals surface area contributed by atoms with Crippen molar-refractivity contribution in [2.45, 2.75) is 5.92 Å². The normalized spacial score (nSPS) is 24.4. The van der Waals surface area contributed by atoms with Gasteiger partial charge in [0.15, 0.2) is 0 Å². The van der Waals surface area contributed by atoms with Crippen LogP contribution < -0.4 is 0 Å². The number of H-pyrrole nitrogens is 1. The number of benzene rings is 1. The second kappa shape index (κ2) is 6.44. The molecule has 0 bridgehead atoms. The van der Waals surface area contributed by atoms with E-state index in [-0.39, 0.29) is 11.9 Å². The van der Waals surface area contributed by atoms with Gasteiger partial charge in [0, 0.05) is 4.47 Å². The van der Waals surface area contributed by atoms with Gasteiger partial charge in [0.2, 0.25) is 0 Å². The van der Waals surface area contributed by atoms with Gasteiger partial charge >= 0.3 is 5.97 Å². The molecule has 1 saturated heterocycles. The first-order valence-corrected chi connectivity index (χ1v) is 9.10. The van der Waals surface area contributed by atoms with Crippen LogP contribution in [0.5, 0.6) is 0 Å². The molecule has 2 aromatic rings. The van der Waals surface area contributed by atoms with Crippen molar-refractivity contribution in [3.8, 4) is 11.3 Å². The molecule has 3 rings (SSSR count). The molecule has 3 unspecified atom stereocenters. The van der Waals surface area contributed by atoms with Gasteiger partial charge in [0.05, 0.1) is 24.9 Å². The van der Waals surface area contributed by atoms with Gasteiger partial charge < -0.3 is 14.3 Å². The number of nitrogens with zero attached hydrogens (tertiary/aromatic N) is 1. The second-order valence-corrected chi connectivity index (χ2v) is 7.66. The maximum absolute atomic E-state index is 11.9. The molecule has 1 aromatic carbocycles. The first kappa shape index (κ1) is 15.6. The van der Waals surface area contributed by atoms with E-state index >= 15 is 0 Å². The van der Waals surface area contributed by atoms with E-state index in [4.69, 9.17) is 4.74 Å². The van der Waals surface area contributed by atoms with Crippen LogP contribution in [0, 0.1) is 5.92 Å². The van der Waals surface area contributed by atoms with Crippen LogP contribution in [-0.2, 0) is 20.7 Å². The Morgan fingerprint density at radius 2 is 2.14 bits per heavy atom. The summed E-state index contributed by atoms with van der Waals surface area (Å²) in [5.41, 5.74) is 1.89. The van der Waals surface area contributed by atoms with Crippen molar-refractivity contribution in [2.75, 3.05) is 18.6 Å². The van der Waals surface area contributed by atoms with Crippen LogP contribution in [-0.4, -0.2) is 39.1 Å². The van der Waals surface area contributed by atoms with Crippen molar-refractivity contribution in [2.24, 2.45) is 5.92 Å². The van der Waals surface area contributed by atoms with E-state index < -0.39 is 17.1 Å². The maximum Gasteiger partial charge on any atom is 0.314 e. The predicted molar refractivity (Wildman–Crippen MR) is 87.8 cm³/mol. The molecule has 1 aliphatic rings. The van der Waals surface area contributed by atoms with Gasteiger partial charge in [-0.1, -0.05) is 39.2 Å². The average molecular weight is 383 g/mol. The number of methoxy groups -OCH3 is 1. The highest BCUT2D eigenvalue weighted by Crippen LogP contribution is 2.34. The number of imidazole rings is 1. The van der Waals surface area contributed by atoms with Crippen molar-refractivity contribution >= 4 is 33.1 Å². The van der Waals surface area contributed by atoms with Crippen LogP contribution in [0.25, 0.3) is 11.3 Å². The molecule has 1 fully saturated rings. The van der Waals surface area contributed by atoms with Crippen LogP contribution in [0.1, 0.15) is 11.7 Å². The number of nitrogens with one attached hydrogen (secondary N) is 1. The Hall–Kier alpha value is -1.31. The largest absolute Gasteiger partial charge is 0.616 e. The second-order valence-electron chi connectivity index (χ2n) is 5.20. The van der Waals surface area contributed by atoms with Gasteiger partial charge in [-0.15, -0.1) is 0 Å². The van der Waals surface area contributed by atoms with Crippen LogP contribution >= 0.6 is 15.9 Å². The Morgan fingerprint density at radius 1 is 1.41 bits per heavy atom. The Bertz CT molecular complexity index is 674. The van der Waals surface area contributed by atoms with E-state index in [1.165, 1.54) is 7.11 Å². The fourth-order valence-corrected chi connectivity index (χ4v) is 4.62. The zero-order chi connectivity index (χ0) is 15.7. The molecule has 0 amide bonds. The summed E-state index contributed by atoms with van der Waals surface area (Å²) in [4.78, 5) is 19.5. The standard InChI is InChI=1S/C15H15BrN2O3S/c1-21-15(19)12-8-22(20)7-11(12)14-17-6-13(18-14)9-2-4-10(16)5-3-9/h2-6,11-12H,7-8H2,1H3,(H,17,18). The molecule has 1 N–H and O–H groups in total. The summed E-state index contributed by atoms with van der Waals surface area (Å²) >= 11 is 2.39. The Kier molecular flexibility index (Phi) is 4.56. The monoisotopic (exact) mass is 382 g/mol. The molecule has 7 heteroatoms. The SMILES string of the molecule is COC(=O)C1C[S+]([O-])CC1c1ncc(-c2ccc(Br)cc2)[nH]1. The third-order valence-corrected chi connectivity index (χ3v) is 5.81. The zero-order valence-corrected chi connectivity index (χ0v) is 14.3. The molecule has 1 aromatic heterocycles. The molecule has 1 aliphatic heterocycles. The number of rotatable bonds is 3. The Balaban J connectivity index is 1.86. The summed E-state index contributed by atoms with van der Waals surface area (Å²) < 4.78 is 17.7. The smallest absolute Gasteiger partial charge is 0.314 e. The summed E-state index contributed by atoms with van der Waals surface area (Å²) in [5, 5.41) is 0. The molecule has 0 radical (unpaired) electrons. The topological polar surface area (TPSA) is 78.0 Å². The molecule has 0 saturated carbocycles. The van der Waals surface area contributed by atoms with Gasteiger partial charge in [-0.2, -0.15) is 0 Å². The minimum atomic E-state index is -1.01. The van der Waals surface area contributed by atoms with Crippen LogP contribution in [0.4, 0.5) is 0 Å². The van der Waals surface area contributed by atoms with Crippen molar-refractivity contribution < 1.29 is 14.1 Å². The number of hydrogen-bond donors (Lipinski definition) is 1. The lowest BCUT2D eigenvalue weighted by atomic mass is 9.95. The molecule has 0 spiro atoms. The highest BCUT2D eigenvalue weighted by atomic mass is 79.9. The van der Waals surface area contributed by atoms with Crippen molar-refractivity contribution in [1.82, 2.24) is 9.97 Å². The van der Waals surface area contributed by atoms with Gasteiger partial charge in [-0.05, 0) is 17.7 Å². The van der Waals surface area contributed by atoms with Crippen LogP contribution in [0.3, 0.4) is 0 Å². The molecule has 0 aliphatic carbocycles. The fourth-order valence-electron chi connectivity index (χ4n) is 2.66. The van der Waals surface area contributed by atoms with Gasteiger partial charge in [0.1, 0.15) is 23.2 Å². The van der Waals surface area contributed by atoms with E-state index in [1.54, 1.807) is 6.20 Å². The van der Waals surface area contributed by atoms with Crippen LogP contribution in [0.15, 0.2) is 34.9 Å². The van der Waals surface area contributed by atoms with Crippen molar-refractivity contribution in [3.05, 3.63) is 40.8 Å². The van der Waals surface area contributed by atoms with Crippen molar-refractivity contribution in [3.63, 3.8) is 0 Å². The van der Waals surface area contributed by atoms with Gasteiger partial charge in [0.25, 0.3) is 0 Å². The lowest BCUT2D eigenvalue weighted by Gasteiger charge is -2.11. The quantitative estimate of drug-likeness (QED) is 0.653. The third-order valence-electron chi connectivity index (χ3n) is 3.82. The number of carbonyl (C=O) groups is 1. The number of carbonyl (C=O) groups excluding carboxylic acids is 1. The predicted octanol–water partition coefficient (Wildman–Crippen LogP) is 2.47. The lowest BCUT2D eigenvalue weighted by Crippen LogP contribution is -2.23. The minimum absolute atomic E-state index is 0.183. The van der Waals surface area contributed by atoms with Crippen LogP contribution in [0.2, 0.25) is 0 Å². The van der Waals surface area contributed by atoms with Crippen molar-refractivity contribution in [1.29, 1.82) is 0 Å². The summed E-state index contributed by atoms with van der Waals surface area (Å²) in [6.45, 7) is 0. The minimum Gasteiger partial charge on any atom is -0.616 e. The van der Waals surface area contributed by atoms with Gasteiger partial charge in [-0.25, -0.2) is 4.98 Å². The number of aromatic amines is 1. The first-order chi connectivity index (χ1) is 10.6. The fraction of sp³-hybridized carbons (Fsp3) is 0.333. The molecule has 2 heterocycles. The Labute approximate surface area is 139 Å². The number of hydrogen-bond acceptors (Lipinski definition) is 4. The Morgan fingerprint density at radius 3 is 2.82 bits per heavy atom. The summed E-state index contributed by atoms with van der Waals surface area (Å²) in [6.07, 6.45) is 1.74. The van der Waals surface area contributed by atoms with E-state index in [0.717, 1.165) is 15.7 Å². The summed E-state index contributed by atoms with van der Waals surface area (Å²) in [7, 11) is 1.36. The lowest BCUT2D eigenvalue weighted by molar-refractivity contribution is -0.145. The number of ether oxygens (including phenoxy) is 1. The molecular weight excluding hydrogens is 368 g/mol. The molecular formula is C15H15BrN2O3S. The zero-order valence-electron chi connectivity index (χ0n) is 11.9. The molecule has 116 valence electrons. The summed E-state index contributed by atoms with van der Waals surface area (Å²) in [5.74, 6) is 0.572. The summed E-state index contributed by atoms with van der Waals surface area (Å²) in [6, 6.07) is 7.87. The molecule has 22 heavy (non-hydrogen) atoms. The van der Waals surface area contributed by atoms with Gasteiger partial charge in [-0.3, -0.25) is 4.79 Å². The number of halogens is 1. The highest BCUT2D eigenvalue weighted by Gasteiger charge is 2.44. The highest BCUT2D eigenvalue weighted by molar-refractivity contribution is 9.10. The number of esters is 1.